The summed E-state index contributed by atoms with van der Waals surface area (Å²) in [5.41, 5.74) is 10.2. The Kier molecular flexibility index (Phi) is 5.72. The monoisotopic (exact) mass is 422 g/mol. The third kappa shape index (κ3) is 4.31. The molecule has 4 rings (SSSR count). The Morgan fingerprint density at radius 3 is 2.73 bits per heavy atom. The average Bonchev–Trinajstić information content (AvgIpc) is 3.04. The van der Waals surface area contributed by atoms with Gasteiger partial charge in [0.2, 0.25) is 5.88 Å². The lowest BCUT2D eigenvalue weighted by molar-refractivity contribution is 0.233. The zero-order valence-electron chi connectivity index (χ0n) is 17.7. The fourth-order valence-electron chi connectivity index (χ4n) is 3.34. The quantitative estimate of drug-likeness (QED) is 0.476. The number of benzene rings is 1. The number of rotatable bonds is 5. The molecule has 0 saturated heterocycles. The molecule has 0 aliphatic carbocycles. The minimum Gasteiger partial charge on any atom is -0.493 e. The first-order valence-electron chi connectivity index (χ1n) is 10.1. The largest absolute Gasteiger partial charge is 0.493 e. The molecule has 3 aromatic rings. The van der Waals surface area contributed by atoms with Gasteiger partial charge in [-0.15, -0.1) is 11.3 Å². The maximum Gasteiger partial charge on any atom is 0.214 e. The molecule has 7 heteroatoms. The van der Waals surface area contributed by atoms with E-state index in [1.807, 2.05) is 45.9 Å². The van der Waals surface area contributed by atoms with Crippen molar-refractivity contribution in [1.29, 1.82) is 0 Å². The average molecular weight is 423 g/mol. The van der Waals surface area contributed by atoms with E-state index < -0.39 is 0 Å². The lowest BCUT2D eigenvalue weighted by Crippen LogP contribution is -2.15. The van der Waals surface area contributed by atoms with Crippen LogP contribution in [0, 0.1) is 0 Å². The Morgan fingerprint density at radius 2 is 1.97 bits per heavy atom. The zero-order chi connectivity index (χ0) is 21.3. The summed E-state index contributed by atoms with van der Waals surface area (Å²) in [6.45, 7) is 8.61. The van der Waals surface area contributed by atoms with Crippen molar-refractivity contribution in [1.82, 2.24) is 9.97 Å². The maximum absolute atomic E-state index is 6.19. The first-order valence-corrected chi connectivity index (χ1v) is 11.0. The smallest absolute Gasteiger partial charge is 0.214 e. The topological polar surface area (TPSA) is 82.6 Å². The second-order valence-electron chi connectivity index (χ2n) is 7.76. The number of hydrogen-bond donors (Lipinski definition) is 1. The van der Waals surface area contributed by atoms with Crippen molar-refractivity contribution in [2.24, 2.45) is 10.7 Å². The van der Waals surface area contributed by atoms with E-state index >= 15 is 0 Å². The fourth-order valence-corrected chi connectivity index (χ4v) is 4.31. The van der Waals surface area contributed by atoms with Crippen molar-refractivity contribution in [2.75, 3.05) is 6.61 Å². The summed E-state index contributed by atoms with van der Waals surface area (Å²) in [6, 6.07) is 10.2. The first kappa shape index (κ1) is 20.3. The molecule has 0 bridgehead atoms. The number of thiazole rings is 1. The normalized spacial score (nSPS) is 13.6. The molecule has 0 atom stereocenters. The highest BCUT2D eigenvalue weighted by atomic mass is 32.1. The fraction of sp³-hybridized carbons (Fsp3) is 0.348. The van der Waals surface area contributed by atoms with Crippen molar-refractivity contribution in [3.8, 4) is 34.0 Å². The number of nitrogens with two attached hydrogens (primary N) is 1. The summed E-state index contributed by atoms with van der Waals surface area (Å²) in [5, 5.41) is 0.767. The molecule has 0 unspecified atom stereocenters. The molecule has 0 radical (unpaired) electrons. The standard InChI is InChI=1S/C23H26N4O2S/c1-13(2)26-22(24)23-27-21-17-11-15(5-6-18(17)28-10-8-19(21)30-23)16-7-9-25-20(12-16)29-14(3)4/h5-7,9,11-14H,8,10H2,1-4H3,(H2,24,26). The van der Waals surface area contributed by atoms with Crippen LogP contribution in [0.15, 0.2) is 41.5 Å². The van der Waals surface area contributed by atoms with E-state index in [0.717, 1.165) is 39.6 Å². The number of aliphatic imine (C=N–C) groups is 1. The summed E-state index contributed by atoms with van der Waals surface area (Å²) >= 11 is 1.60. The molecule has 1 aliphatic heterocycles. The molecule has 156 valence electrons. The van der Waals surface area contributed by atoms with Crippen LogP contribution in [0.3, 0.4) is 0 Å². The first-order chi connectivity index (χ1) is 14.4. The third-order valence-corrected chi connectivity index (χ3v) is 5.70. The summed E-state index contributed by atoms with van der Waals surface area (Å²) in [6.07, 6.45) is 2.64. The predicted octanol–water partition coefficient (Wildman–Crippen LogP) is 4.71. The van der Waals surface area contributed by atoms with Crippen molar-refractivity contribution < 1.29 is 9.47 Å². The Morgan fingerprint density at radius 1 is 1.17 bits per heavy atom. The molecule has 3 heterocycles. The van der Waals surface area contributed by atoms with Gasteiger partial charge in [-0.2, -0.15) is 0 Å². The van der Waals surface area contributed by atoms with Crippen molar-refractivity contribution >= 4 is 17.2 Å². The van der Waals surface area contributed by atoms with Crippen LogP contribution in [-0.4, -0.2) is 34.6 Å². The molecule has 2 N–H and O–H groups in total. The number of nitrogens with zero attached hydrogens (tertiary/aromatic N) is 3. The molecule has 2 aromatic heterocycles. The summed E-state index contributed by atoms with van der Waals surface area (Å²) in [5.74, 6) is 1.94. The molecule has 0 saturated carbocycles. The lowest BCUT2D eigenvalue weighted by atomic mass is 10.0. The molecule has 0 fully saturated rings. The Balaban J connectivity index is 1.76. The number of hydrogen-bond acceptors (Lipinski definition) is 6. The van der Waals surface area contributed by atoms with Crippen LogP contribution in [0.2, 0.25) is 0 Å². The van der Waals surface area contributed by atoms with E-state index in [2.05, 4.69) is 22.1 Å². The van der Waals surface area contributed by atoms with Crippen molar-refractivity contribution in [3.63, 3.8) is 0 Å². The molecule has 0 amide bonds. The van der Waals surface area contributed by atoms with Gasteiger partial charge >= 0.3 is 0 Å². The highest BCUT2D eigenvalue weighted by Crippen LogP contribution is 2.40. The van der Waals surface area contributed by atoms with Gasteiger partial charge in [0, 0.05) is 35.2 Å². The number of ether oxygens (including phenoxy) is 2. The van der Waals surface area contributed by atoms with Gasteiger partial charge in [0.05, 0.1) is 18.4 Å². The zero-order valence-corrected chi connectivity index (χ0v) is 18.5. The number of amidine groups is 1. The van der Waals surface area contributed by atoms with E-state index in [4.69, 9.17) is 20.2 Å². The van der Waals surface area contributed by atoms with Crippen LogP contribution < -0.4 is 15.2 Å². The van der Waals surface area contributed by atoms with Gasteiger partial charge in [0.25, 0.3) is 0 Å². The Labute approximate surface area is 180 Å². The summed E-state index contributed by atoms with van der Waals surface area (Å²) in [4.78, 5) is 14.8. The SMILES string of the molecule is CC(C)N=C(N)c1nc2c(s1)CCOc1ccc(-c3ccnc(OC(C)C)c3)cc1-2. The van der Waals surface area contributed by atoms with Gasteiger partial charge in [0.1, 0.15) is 5.75 Å². The van der Waals surface area contributed by atoms with Crippen LogP contribution in [-0.2, 0) is 6.42 Å². The minimum atomic E-state index is 0.0714. The van der Waals surface area contributed by atoms with Gasteiger partial charge in [0.15, 0.2) is 10.8 Å². The van der Waals surface area contributed by atoms with Crippen LogP contribution in [0.1, 0.15) is 37.6 Å². The highest BCUT2D eigenvalue weighted by Gasteiger charge is 2.22. The predicted molar refractivity (Wildman–Crippen MR) is 122 cm³/mol. The number of fused-ring (bicyclic) bond motifs is 3. The Hall–Kier alpha value is -2.93. The lowest BCUT2D eigenvalue weighted by Gasteiger charge is -2.12. The highest BCUT2D eigenvalue weighted by molar-refractivity contribution is 7.14. The van der Waals surface area contributed by atoms with E-state index in [1.54, 1.807) is 17.5 Å². The van der Waals surface area contributed by atoms with Gasteiger partial charge < -0.3 is 15.2 Å². The number of aromatic nitrogens is 2. The molecule has 1 aromatic carbocycles. The van der Waals surface area contributed by atoms with Gasteiger partial charge in [-0.05, 0) is 57.0 Å². The molecule has 30 heavy (non-hydrogen) atoms. The molecular weight excluding hydrogens is 396 g/mol. The molecule has 0 spiro atoms. The van der Waals surface area contributed by atoms with Crippen LogP contribution in [0.25, 0.3) is 22.4 Å². The second-order valence-corrected chi connectivity index (χ2v) is 8.84. The summed E-state index contributed by atoms with van der Waals surface area (Å²) in [7, 11) is 0. The number of pyridine rings is 1. The minimum absolute atomic E-state index is 0.0714. The van der Waals surface area contributed by atoms with Gasteiger partial charge in [-0.1, -0.05) is 6.07 Å². The van der Waals surface area contributed by atoms with E-state index in [-0.39, 0.29) is 12.1 Å². The van der Waals surface area contributed by atoms with E-state index in [1.165, 1.54) is 4.88 Å². The van der Waals surface area contributed by atoms with Crippen LogP contribution >= 0.6 is 11.3 Å². The van der Waals surface area contributed by atoms with Crippen LogP contribution in [0.5, 0.6) is 11.6 Å². The van der Waals surface area contributed by atoms with E-state index in [0.29, 0.717) is 18.3 Å². The molecule has 1 aliphatic rings. The van der Waals surface area contributed by atoms with E-state index in [9.17, 15) is 0 Å². The van der Waals surface area contributed by atoms with Crippen LogP contribution in [0.4, 0.5) is 0 Å². The van der Waals surface area contributed by atoms with Crippen molar-refractivity contribution in [3.05, 3.63) is 46.4 Å². The van der Waals surface area contributed by atoms with Gasteiger partial charge in [-0.3, -0.25) is 4.99 Å². The Bertz CT molecular complexity index is 1090. The molecular formula is C23H26N4O2S. The molecule has 6 nitrogen and oxygen atoms in total. The van der Waals surface area contributed by atoms with Gasteiger partial charge in [-0.25, -0.2) is 9.97 Å². The van der Waals surface area contributed by atoms with Crippen molar-refractivity contribution in [2.45, 2.75) is 46.3 Å². The third-order valence-electron chi connectivity index (χ3n) is 4.56. The summed E-state index contributed by atoms with van der Waals surface area (Å²) < 4.78 is 11.7. The second kappa shape index (κ2) is 8.44. The maximum atomic E-state index is 6.19.